The fourth-order valence-corrected chi connectivity index (χ4v) is 2.43. The average molecular weight is 382 g/mol. The van der Waals surface area contributed by atoms with Gasteiger partial charge in [0.25, 0.3) is 5.91 Å². The number of rotatable bonds is 4. The Labute approximate surface area is 149 Å². The third-order valence-corrected chi connectivity index (χ3v) is 3.98. The second kappa shape index (κ2) is 7.27. The van der Waals surface area contributed by atoms with Crippen LogP contribution in [0.25, 0.3) is 0 Å². The topological polar surface area (TPSA) is 54.0 Å². The number of nitrogens with zero attached hydrogens (tertiary/aromatic N) is 1. The molecule has 1 heterocycles. The maximum absolute atomic E-state index is 12.4. The number of benzene rings is 2. The molecule has 0 unspecified atom stereocenters. The Morgan fingerprint density at radius 3 is 2.33 bits per heavy atom. The summed E-state index contributed by atoms with van der Waals surface area (Å²) < 4.78 is 0.967. The molecule has 0 aliphatic rings. The number of halogens is 1. The molecule has 0 atom stereocenters. The van der Waals surface area contributed by atoms with E-state index in [2.05, 4.69) is 31.5 Å². The predicted molar refractivity (Wildman–Crippen MR) is 101 cm³/mol. The summed E-state index contributed by atoms with van der Waals surface area (Å²) in [5.74, 6) is 0.453. The van der Waals surface area contributed by atoms with E-state index in [0.717, 1.165) is 15.8 Å². The van der Waals surface area contributed by atoms with Gasteiger partial charge in [-0.15, -0.1) is 0 Å². The number of nitrogens with one attached hydrogen (secondary N) is 2. The van der Waals surface area contributed by atoms with Crippen LogP contribution in [0.5, 0.6) is 0 Å². The zero-order valence-corrected chi connectivity index (χ0v) is 14.7. The molecule has 0 aliphatic heterocycles. The first kappa shape index (κ1) is 16.2. The number of aryl methyl sites for hydroxylation is 1. The minimum absolute atomic E-state index is 0.174. The highest BCUT2D eigenvalue weighted by Crippen LogP contribution is 2.18. The molecule has 0 saturated heterocycles. The van der Waals surface area contributed by atoms with Crippen LogP contribution in [-0.4, -0.2) is 10.9 Å². The van der Waals surface area contributed by atoms with E-state index in [9.17, 15) is 4.79 Å². The van der Waals surface area contributed by atoms with Crippen molar-refractivity contribution in [1.82, 2.24) is 4.98 Å². The van der Waals surface area contributed by atoms with Crippen molar-refractivity contribution in [2.45, 2.75) is 6.92 Å². The van der Waals surface area contributed by atoms with Crippen LogP contribution in [0.1, 0.15) is 15.9 Å². The van der Waals surface area contributed by atoms with E-state index < -0.39 is 0 Å². The van der Waals surface area contributed by atoms with Gasteiger partial charge in [0, 0.05) is 27.6 Å². The van der Waals surface area contributed by atoms with E-state index >= 15 is 0 Å². The number of anilines is 3. The number of aromatic nitrogens is 1. The van der Waals surface area contributed by atoms with Gasteiger partial charge in [-0.05, 0) is 55.5 Å². The largest absolute Gasteiger partial charge is 0.340 e. The second-order valence-corrected chi connectivity index (χ2v) is 6.30. The van der Waals surface area contributed by atoms with Crippen molar-refractivity contribution in [2.24, 2.45) is 0 Å². The monoisotopic (exact) mass is 381 g/mol. The van der Waals surface area contributed by atoms with E-state index in [0.29, 0.717) is 11.4 Å². The van der Waals surface area contributed by atoms with Crippen LogP contribution in [0.3, 0.4) is 0 Å². The summed E-state index contributed by atoms with van der Waals surface area (Å²) in [5.41, 5.74) is 3.41. The van der Waals surface area contributed by atoms with Gasteiger partial charge in [-0.3, -0.25) is 4.79 Å². The zero-order valence-electron chi connectivity index (χ0n) is 13.1. The van der Waals surface area contributed by atoms with Crippen LogP contribution in [0.2, 0.25) is 0 Å². The summed E-state index contributed by atoms with van der Waals surface area (Å²) in [6.07, 6.45) is 1.62. The number of pyridine rings is 1. The summed E-state index contributed by atoms with van der Waals surface area (Å²) in [6, 6.07) is 18.9. The van der Waals surface area contributed by atoms with Crippen LogP contribution in [-0.2, 0) is 0 Å². The van der Waals surface area contributed by atoms with Gasteiger partial charge in [0.15, 0.2) is 0 Å². The Bertz CT molecular complexity index is 845. The molecule has 2 N–H and O–H groups in total. The molecule has 120 valence electrons. The third-order valence-electron chi connectivity index (χ3n) is 3.45. The van der Waals surface area contributed by atoms with Crippen molar-refractivity contribution < 1.29 is 4.79 Å². The molecule has 0 bridgehead atoms. The smallest absolute Gasteiger partial charge is 0.255 e. The highest BCUT2D eigenvalue weighted by Gasteiger charge is 2.08. The fraction of sp³-hybridized carbons (Fsp3) is 0.0526. The molecule has 4 nitrogen and oxygen atoms in total. The highest BCUT2D eigenvalue weighted by molar-refractivity contribution is 9.10. The number of carbonyl (C=O) groups is 1. The Morgan fingerprint density at radius 1 is 0.958 bits per heavy atom. The number of hydrogen-bond acceptors (Lipinski definition) is 3. The van der Waals surface area contributed by atoms with Gasteiger partial charge in [0.2, 0.25) is 0 Å². The molecule has 24 heavy (non-hydrogen) atoms. The van der Waals surface area contributed by atoms with E-state index in [-0.39, 0.29) is 5.91 Å². The van der Waals surface area contributed by atoms with Crippen molar-refractivity contribution in [3.05, 3.63) is 82.5 Å². The molecule has 3 rings (SSSR count). The number of carbonyl (C=O) groups excluding carboxylic acids is 1. The van der Waals surface area contributed by atoms with Gasteiger partial charge in [0.05, 0.1) is 0 Å². The molecule has 1 aromatic heterocycles. The molecule has 0 fully saturated rings. The van der Waals surface area contributed by atoms with Crippen LogP contribution < -0.4 is 10.6 Å². The second-order valence-electron chi connectivity index (χ2n) is 5.38. The Kier molecular flexibility index (Phi) is 4.91. The predicted octanol–water partition coefficient (Wildman–Crippen LogP) is 5.15. The fourth-order valence-electron chi connectivity index (χ4n) is 2.16. The molecule has 0 radical (unpaired) electrons. The van der Waals surface area contributed by atoms with Crippen LogP contribution >= 0.6 is 15.9 Å². The van der Waals surface area contributed by atoms with Gasteiger partial charge in [-0.2, -0.15) is 0 Å². The van der Waals surface area contributed by atoms with Crippen molar-refractivity contribution in [3.8, 4) is 0 Å². The lowest BCUT2D eigenvalue weighted by Crippen LogP contribution is -2.12. The Hall–Kier alpha value is -2.66. The van der Waals surface area contributed by atoms with Crippen molar-refractivity contribution in [1.29, 1.82) is 0 Å². The minimum atomic E-state index is -0.174. The standard InChI is InChI=1S/C19H16BrN3O/c1-13-2-6-16(7-3-13)22-18-12-14(10-11-21-18)19(24)23-17-8-4-15(20)5-9-17/h2-12H,1H3,(H,21,22)(H,23,24). The summed E-state index contributed by atoms with van der Waals surface area (Å²) >= 11 is 3.37. The van der Waals surface area contributed by atoms with Crippen LogP contribution in [0.15, 0.2) is 71.3 Å². The van der Waals surface area contributed by atoms with E-state index in [1.54, 1.807) is 18.3 Å². The Balaban J connectivity index is 1.73. The summed E-state index contributed by atoms with van der Waals surface area (Å²) in [5, 5.41) is 6.07. The lowest BCUT2D eigenvalue weighted by molar-refractivity contribution is 0.102. The first-order valence-corrected chi connectivity index (χ1v) is 8.26. The number of hydrogen-bond donors (Lipinski definition) is 2. The molecule has 0 saturated carbocycles. The summed E-state index contributed by atoms with van der Waals surface area (Å²) in [6.45, 7) is 2.04. The van der Waals surface area contributed by atoms with Gasteiger partial charge < -0.3 is 10.6 Å². The lowest BCUT2D eigenvalue weighted by Gasteiger charge is -2.09. The number of amides is 1. The normalized spacial score (nSPS) is 10.2. The molecule has 3 aromatic rings. The minimum Gasteiger partial charge on any atom is -0.340 e. The third kappa shape index (κ3) is 4.20. The highest BCUT2D eigenvalue weighted by atomic mass is 79.9. The lowest BCUT2D eigenvalue weighted by atomic mass is 10.2. The maximum Gasteiger partial charge on any atom is 0.255 e. The van der Waals surface area contributed by atoms with Crippen molar-refractivity contribution >= 4 is 39.0 Å². The molecule has 0 spiro atoms. The van der Waals surface area contributed by atoms with Gasteiger partial charge in [-0.1, -0.05) is 33.6 Å². The zero-order chi connectivity index (χ0) is 16.9. The molecule has 2 aromatic carbocycles. The van der Waals surface area contributed by atoms with Gasteiger partial charge in [0.1, 0.15) is 5.82 Å². The molecule has 5 heteroatoms. The van der Waals surface area contributed by atoms with E-state index in [1.165, 1.54) is 5.56 Å². The Morgan fingerprint density at radius 2 is 1.62 bits per heavy atom. The first-order valence-electron chi connectivity index (χ1n) is 7.47. The molecular weight excluding hydrogens is 366 g/mol. The van der Waals surface area contributed by atoms with Crippen LogP contribution in [0, 0.1) is 6.92 Å². The van der Waals surface area contributed by atoms with E-state index in [4.69, 9.17) is 0 Å². The van der Waals surface area contributed by atoms with Crippen molar-refractivity contribution in [2.75, 3.05) is 10.6 Å². The van der Waals surface area contributed by atoms with Gasteiger partial charge >= 0.3 is 0 Å². The summed E-state index contributed by atoms with van der Waals surface area (Å²) in [4.78, 5) is 16.6. The van der Waals surface area contributed by atoms with E-state index in [1.807, 2.05) is 55.5 Å². The summed E-state index contributed by atoms with van der Waals surface area (Å²) in [7, 11) is 0. The SMILES string of the molecule is Cc1ccc(Nc2cc(C(=O)Nc3ccc(Br)cc3)ccn2)cc1. The molecule has 0 aliphatic carbocycles. The maximum atomic E-state index is 12.4. The molecular formula is C19H16BrN3O. The molecule has 1 amide bonds. The van der Waals surface area contributed by atoms with Crippen LogP contribution in [0.4, 0.5) is 17.2 Å². The first-order chi connectivity index (χ1) is 11.6. The average Bonchev–Trinajstić information content (AvgIpc) is 2.59. The quantitative estimate of drug-likeness (QED) is 0.656. The van der Waals surface area contributed by atoms with Gasteiger partial charge in [-0.25, -0.2) is 4.98 Å². The van der Waals surface area contributed by atoms with Crippen molar-refractivity contribution in [3.63, 3.8) is 0 Å².